The molecule has 0 saturated carbocycles. The standard InChI is InChI=1S/C22H21N/c1-22(2,3)17-12-8-14-19-21(17)20-16(11-7-13-18(20)23-19)15-9-5-4-6-10-15/h4-14,23H,1-3H3. The summed E-state index contributed by atoms with van der Waals surface area (Å²) in [5.41, 5.74) is 6.49. The fraction of sp³-hybridized carbons (Fsp3) is 0.182. The summed E-state index contributed by atoms with van der Waals surface area (Å²) < 4.78 is 0. The normalized spacial score (nSPS) is 12.1. The summed E-state index contributed by atoms with van der Waals surface area (Å²) in [6, 6.07) is 23.8. The number of nitrogens with one attached hydrogen (secondary N) is 1. The van der Waals surface area contributed by atoms with Crippen LogP contribution in [0.4, 0.5) is 0 Å². The molecule has 0 spiro atoms. The summed E-state index contributed by atoms with van der Waals surface area (Å²) in [6.07, 6.45) is 0. The van der Waals surface area contributed by atoms with Crippen LogP contribution in [0.5, 0.6) is 0 Å². The van der Waals surface area contributed by atoms with Crippen molar-refractivity contribution in [3.05, 3.63) is 72.3 Å². The molecule has 3 aromatic carbocycles. The van der Waals surface area contributed by atoms with Gasteiger partial charge in [-0.2, -0.15) is 0 Å². The van der Waals surface area contributed by atoms with E-state index in [9.17, 15) is 0 Å². The van der Waals surface area contributed by atoms with E-state index in [2.05, 4.69) is 92.5 Å². The maximum Gasteiger partial charge on any atom is 0.0471 e. The largest absolute Gasteiger partial charge is 0.354 e. The third-order valence-electron chi connectivity index (χ3n) is 4.54. The molecule has 4 aromatic rings. The van der Waals surface area contributed by atoms with Crippen LogP contribution in [0.3, 0.4) is 0 Å². The van der Waals surface area contributed by atoms with Crippen molar-refractivity contribution in [1.29, 1.82) is 0 Å². The molecule has 0 fully saturated rings. The first-order chi connectivity index (χ1) is 11.1. The van der Waals surface area contributed by atoms with Crippen LogP contribution in [0.2, 0.25) is 0 Å². The van der Waals surface area contributed by atoms with Gasteiger partial charge in [-0.15, -0.1) is 0 Å². The number of aromatic amines is 1. The van der Waals surface area contributed by atoms with Gasteiger partial charge in [0.1, 0.15) is 0 Å². The topological polar surface area (TPSA) is 15.8 Å². The fourth-order valence-electron chi connectivity index (χ4n) is 3.48. The number of fused-ring (bicyclic) bond motifs is 3. The molecule has 0 bridgehead atoms. The molecule has 1 nitrogen and oxygen atoms in total. The summed E-state index contributed by atoms with van der Waals surface area (Å²) in [7, 11) is 0. The van der Waals surface area contributed by atoms with E-state index in [4.69, 9.17) is 0 Å². The van der Waals surface area contributed by atoms with Crippen LogP contribution in [0.15, 0.2) is 66.7 Å². The lowest BCUT2D eigenvalue weighted by Gasteiger charge is -2.20. The van der Waals surface area contributed by atoms with Gasteiger partial charge >= 0.3 is 0 Å². The van der Waals surface area contributed by atoms with E-state index < -0.39 is 0 Å². The van der Waals surface area contributed by atoms with Crippen LogP contribution < -0.4 is 0 Å². The quantitative estimate of drug-likeness (QED) is 0.425. The van der Waals surface area contributed by atoms with Gasteiger partial charge in [-0.3, -0.25) is 0 Å². The van der Waals surface area contributed by atoms with Crippen molar-refractivity contribution in [3.63, 3.8) is 0 Å². The number of hydrogen-bond donors (Lipinski definition) is 1. The Morgan fingerprint density at radius 2 is 1.30 bits per heavy atom. The second-order valence-corrected chi connectivity index (χ2v) is 7.20. The van der Waals surface area contributed by atoms with Gasteiger partial charge in [-0.25, -0.2) is 0 Å². The van der Waals surface area contributed by atoms with Crippen LogP contribution in [0, 0.1) is 0 Å². The van der Waals surface area contributed by atoms with Crippen LogP contribution in [-0.4, -0.2) is 4.98 Å². The van der Waals surface area contributed by atoms with Gasteiger partial charge in [0.05, 0.1) is 0 Å². The molecular weight excluding hydrogens is 278 g/mol. The Morgan fingerprint density at radius 3 is 2.00 bits per heavy atom. The van der Waals surface area contributed by atoms with Crippen molar-refractivity contribution in [2.24, 2.45) is 0 Å². The van der Waals surface area contributed by atoms with Crippen LogP contribution in [0.25, 0.3) is 32.9 Å². The molecule has 0 saturated heterocycles. The monoisotopic (exact) mass is 299 g/mol. The van der Waals surface area contributed by atoms with E-state index in [-0.39, 0.29) is 5.41 Å². The van der Waals surface area contributed by atoms with E-state index in [1.54, 1.807) is 0 Å². The maximum absolute atomic E-state index is 3.60. The average Bonchev–Trinajstić information content (AvgIpc) is 2.93. The molecule has 0 aliphatic carbocycles. The molecule has 0 aliphatic rings. The molecule has 1 heterocycles. The molecule has 0 amide bonds. The average molecular weight is 299 g/mol. The first kappa shape index (κ1) is 14.1. The molecule has 23 heavy (non-hydrogen) atoms. The molecule has 1 N–H and O–H groups in total. The zero-order valence-electron chi connectivity index (χ0n) is 13.9. The lowest BCUT2D eigenvalue weighted by Crippen LogP contribution is -2.11. The maximum atomic E-state index is 3.60. The van der Waals surface area contributed by atoms with Gasteiger partial charge < -0.3 is 4.98 Å². The predicted molar refractivity (Wildman–Crippen MR) is 99.9 cm³/mol. The SMILES string of the molecule is CC(C)(C)c1cccc2[nH]c3cccc(-c4ccccc4)c3c12. The number of hydrogen-bond acceptors (Lipinski definition) is 0. The number of aromatic nitrogens is 1. The smallest absolute Gasteiger partial charge is 0.0471 e. The van der Waals surface area contributed by atoms with Crippen molar-refractivity contribution >= 4 is 21.8 Å². The number of H-pyrrole nitrogens is 1. The molecule has 4 rings (SSSR count). The Morgan fingerprint density at radius 1 is 0.652 bits per heavy atom. The van der Waals surface area contributed by atoms with E-state index in [1.165, 1.54) is 38.5 Å². The van der Waals surface area contributed by atoms with Crippen molar-refractivity contribution in [2.75, 3.05) is 0 Å². The highest BCUT2D eigenvalue weighted by Crippen LogP contribution is 2.39. The Balaban J connectivity index is 2.18. The third-order valence-corrected chi connectivity index (χ3v) is 4.54. The Hall–Kier alpha value is -2.54. The Bertz CT molecular complexity index is 985. The minimum atomic E-state index is 0.110. The van der Waals surface area contributed by atoms with Crippen molar-refractivity contribution in [3.8, 4) is 11.1 Å². The molecule has 0 aliphatic heterocycles. The van der Waals surface area contributed by atoms with E-state index in [1.807, 2.05) is 0 Å². The molecule has 1 heteroatoms. The highest BCUT2D eigenvalue weighted by atomic mass is 14.7. The highest BCUT2D eigenvalue weighted by Gasteiger charge is 2.20. The van der Waals surface area contributed by atoms with Gasteiger partial charge in [0.25, 0.3) is 0 Å². The van der Waals surface area contributed by atoms with Gasteiger partial charge in [0, 0.05) is 21.8 Å². The highest BCUT2D eigenvalue weighted by molar-refractivity contribution is 6.15. The van der Waals surface area contributed by atoms with Crippen molar-refractivity contribution in [1.82, 2.24) is 4.98 Å². The molecule has 0 radical (unpaired) electrons. The second kappa shape index (κ2) is 4.99. The molecule has 1 aromatic heterocycles. The molecule has 0 unspecified atom stereocenters. The predicted octanol–water partition coefficient (Wildman–Crippen LogP) is 6.29. The molecule has 114 valence electrons. The minimum absolute atomic E-state index is 0.110. The van der Waals surface area contributed by atoms with E-state index >= 15 is 0 Å². The second-order valence-electron chi connectivity index (χ2n) is 7.20. The van der Waals surface area contributed by atoms with Gasteiger partial charge in [-0.1, -0.05) is 75.4 Å². The van der Waals surface area contributed by atoms with Crippen LogP contribution >= 0.6 is 0 Å². The lowest BCUT2D eigenvalue weighted by molar-refractivity contribution is 0.596. The summed E-state index contributed by atoms with van der Waals surface area (Å²) >= 11 is 0. The summed E-state index contributed by atoms with van der Waals surface area (Å²) in [5.74, 6) is 0. The van der Waals surface area contributed by atoms with Gasteiger partial charge in [0.2, 0.25) is 0 Å². The zero-order chi connectivity index (χ0) is 16.0. The lowest BCUT2D eigenvalue weighted by atomic mass is 9.83. The van der Waals surface area contributed by atoms with Crippen molar-refractivity contribution in [2.45, 2.75) is 26.2 Å². The summed E-state index contributed by atoms with van der Waals surface area (Å²) in [6.45, 7) is 6.85. The van der Waals surface area contributed by atoms with Crippen LogP contribution in [-0.2, 0) is 5.41 Å². The number of benzene rings is 3. The summed E-state index contributed by atoms with van der Waals surface area (Å²) in [4.78, 5) is 3.60. The molecule has 0 atom stereocenters. The Labute approximate surface area is 137 Å². The first-order valence-corrected chi connectivity index (χ1v) is 8.15. The summed E-state index contributed by atoms with van der Waals surface area (Å²) in [5, 5.41) is 2.69. The first-order valence-electron chi connectivity index (χ1n) is 8.15. The minimum Gasteiger partial charge on any atom is -0.354 e. The van der Waals surface area contributed by atoms with E-state index in [0.29, 0.717) is 0 Å². The molecular formula is C22H21N. The van der Waals surface area contributed by atoms with Gasteiger partial charge in [0.15, 0.2) is 0 Å². The van der Waals surface area contributed by atoms with Gasteiger partial charge in [-0.05, 0) is 34.2 Å². The van der Waals surface area contributed by atoms with Crippen LogP contribution in [0.1, 0.15) is 26.3 Å². The van der Waals surface area contributed by atoms with E-state index in [0.717, 1.165) is 0 Å². The number of rotatable bonds is 1. The zero-order valence-corrected chi connectivity index (χ0v) is 13.9. The van der Waals surface area contributed by atoms with Crippen molar-refractivity contribution < 1.29 is 0 Å². The fourth-order valence-corrected chi connectivity index (χ4v) is 3.48. The third kappa shape index (κ3) is 2.24. The Kier molecular flexibility index (Phi) is 3.05.